The van der Waals surface area contributed by atoms with Crippen LogP contribution >= 0.6 is 0 Å². The zero-order valence-corrected chi connectivity index (χ0v) is 11.3. The number of methoxy groups -OCH3 is 1. The number of nitrogens with zero attached hydrogens (tertiary/aromatic N) is 1. The Hall–Kier alpha value is -2.61. The Bertz CT molecular complexity index is 762. The van der Waals surface area contributed by atoms with E-state index in [2.05, 4.69) is 35.3 Å². The Balaban J connectivity index is 1.89. The second kappa shape index (κ2) is 5.57. The fourth-order valence-electron chi connectivity index (χ4n) is 2.13. The van der Waals surface area contributed by atoms with E-state index in [0.717, 1.165) is 17.0 Å². The van der Waals surface area contributed by atoms with Crippen LogP contribution in [0.3, 0.4) is 0 Å². The second-order valence-electron chi connectivity index (χ2n) is 4.57. The Morgan fingerprint density at radius 3 is 2.55 bits per heavy atom. The maximum Gasteiger partial charge on any atom is 0.121 e. The smallest absolute Gasteiger partial charge is 0.121 e. The van der Waals surface area contributed by atoms with Gasteiger partial charge in [-0.05, 0) is 34.5 Å². The largest absolute Gasteiger partial charge is 0.497 e. The van der Waals surface area contributed by atoms with E-state index in [9.17, 15) is 0 Å². The molecule has 2 heteroatoms. The number of hydrogen-bond acceptors (Lipinski definition) is 2. The van der Waals surface area contributed by atoms with Gasteiger partial charge in [-0.25, -0.2) is 0 Å². The van der Waals surface area contributed by atoms with Gasteiger partial charge in [0.05, 0.1) is 12.8 Å². The SMILES string of the molecule is COc1cccc(N=Cc2ccc3ccccc3c2)c1. The molecule has 0 amide bonds. The third kappa shape index (κ3) is 2.69. The minimum Gasteiger partial charge on any atom is -0.497 e. The number of rotatable bonds is 3. The molecule has 3 aromatic rings. The maximum atomic E-state index is 5.19. The Kier molecular flexibility index (Phi) is 3.46. The van der Waals surface area contributed by atoms with E-state index in [-0.39, 0.29) is 0 Å². The number of fused-ring (bicyclic) bond motifs is 1. The van der Waals surface area contributed by atoms with E-state index >= 15 is 0 Å². The van der Waals surface area contributed by atoms with Crippen molar-refractivity contribution in [1.82, 2.24) is 0 Å². The lowest BCUT2D eigenvalue weighted by Crippen LogP contribution is -1.82. The zero-order chi connectivity index (χ0) is 13.8. The molecule has 0 saturated carbocycles. The predicted octanol–water partition coefficient (Wildman–Crippen LogP) is 4.60. The lowest BCUT2D eigenvalue weighted by atomic mass is 10.1. The molecule has 2 nitrogen and oxygen atoms in total. The summed E-state index contributed by atoms with van der Waals surface area (Å²) in [5, 5.41) is 2.47. The summed E-state index contributed by atoms with van der Waals surface area (Å²) in [6, 6.07) is 22.4. The highest BCUT2D eigenvalue weighted by Crippen LogP contribution is 2.20. The lowest BCUT2D eigenvalue weighted by molar-refractivity contribution is 0.415. The molecule has 0 aliphatic heterocycles. The van der Waals surface area contributed by atoms with Crippen LogP contribution in [0.15, 0.2) is 71.7 Å². The summed E-state index contributed by atoms with van der Waals surface area (Å²) in [5.41, 5.74) is 1.98. The standard InChI is InChI=1S/C18H15NO/c1-20-18-8-4-7-17(12-18)19-13-14-9-10-15-5-2-3-6-16(15)11-14/h2-13H,1H3. The zero-order valence-electron chi connectivity index (χ0n) is 11.3. The number of benzene rings is 3. The van der Waals surface area contributed by atoms with Crippen LogP contribution in [-0.2, 0) is 0 Å². The molecule has 0 radical (unpaired) electrons. The average molecular weight is 261 g/mol. The van der Waals surface area contributed by atoms with Crippen molar-refractivity contribution in [2.45, 2.75) is 0 Å². The average Bonchev–Trinajstić information content (AvgIpc) is 2.53. The Morgan fingerprint density at radius 2 is 1.70 bits per heavy atom. The molecule has 0 N–H and O–H groups in total. The summed E-state index contributed by atoms with van der Waals surface area (Å²) in [6.07, 6.45) is 1.88. The fraction of sp³-hybridized carbons (Fsp3) is 0.0556. The molecule has 0 bridgehead atoms. The topological polar surface area (TPSA) is 21.6 Å². The van der Waals surface area contributed by atoms with Crippen LogP contribution in [0.2, 0.25) is 0 Å². The summed E-state index contributed by atoms with van der Waals surface area (Å²) in [5.74, 6) is 0.818. The van der Waals surface area contributed by atoms with E-state index in [0.29, 0.717) is 0 Å². The van der Waals surface area contributed by atoms with Gasteiger partial charge in [0.15, 0.2) is 0 Å². The first-order chi connectivity index (χ1) is 9.85. The van der Waals surface area contributed by atoms with Crippen molar-refractivity contribution in [3.63, 3.8) is 0 Å². The minimum atomic E-state index is 0.818. The van der Waals surface area contributed by atoms with Gasteiger partial charge in [-0.2, -0.15) is 0 Å². The monoisotopic (exact) mass is 261 g/mol. The van der Waals surface area contributed by atoms with Crippen LogP contribution in [0.4, 0.5) is 5.69 Å². The van der Waals surface area contributed by atoms with Crippen LogP contribution in [0, 0.1) is 0 Å². The van der Waals surface area contributed by atoms with Gasteiger partial charge in [0, 0.05) is 12.3 Å². The second-order valence-corrected chi connectivity index (χ2v) is 4.57. The lowest BCUT2D eigenvalue weighted by Gasteiger charge is -2.01. The first kappa shape index (κ1) is 12.4. The number of hydrogen-bond donors (Lipinski definition) is 0. The predicted molar refractivity (Wildman–Crippen MR) is 84.2 cm³/mol. The number of aliphatic imine (C=N–C) groups is 1. The van der Waals surface area contributed by atoms with Gasteiger partial charge in [-0.3, -0.25) is 4.99 Å². The third-order valence-electron chi connectivity index (χ3n) is 3.19. The van der Waals surface area contributed by atoms with Crippen LogP contribution in [0.5, 0.6) is 5.75 Å². The van der Waals surface area contributed by atoms with Crippen LogP contribution < -0.4 is 4.74 Å². The first-order valence-electron chi connectivity index (χ1n) is 6.52. The molecule has 0 saturated heterocycles. The van der Waals surface area contributed by atoms with E-state index in [1.54, 1.807) is 7.11 Å². The Morgan fingerprint density at radius 1 is 0.850 bits per heavy atom. The molecule has 0 unspecified atom stereocenters. The molecule has 3 rings (SSSR count). The van der Waals surface area contributed by atoms with E-state index in [1.165, 1.54) is 10.8 Å². The molecule has 0 atom stereocenters. The van der Waals surface area contributed by atoms with Gasteiger partial charge in [0.1, 0.15) is 5.75 Å². The van der Waals surface area contributed by atoms with E-state index in [4.69, 9.17) is 4.74 Å². The van der Waals surface area contributed by atoms with Gasteiger partial charge in [-0.15, -0.1) is 0 Å². The summed E-state index contributed by atoms with van der Waals surface area (Å²) in [4.78, 5) is 4.49. The van der Waals surface area contributed by atoms with Crippen LogP contribution in [-0.4, -0.2) is 13.3 Å². The quantitative estimate of drug-likeness (QED) is 0.631. The van der Waals surface area contributed by atoms with Gasteiger partial charge < -0.3 is 4.74 Å². The third-order valence-corrected chi connectivity index (χ3v) is 3.19. The normalized spacial score (nSPS) is 11.1. The minimum absolute atomic E-state index is 0.818. The highest BCUT2D eigenvalue weighted by Gasteiger charge is 1.95. The molecule has 0 heterocycles. The summed E-state index contributed by atoms with van der Waals surface area (Å²) in [6.45, 7) is 0. The van der Waals surface area contributed by atoms with Gasteiger partial charge >= 0.3 is 0 Å². The van der Waals surface area contributed by atoms with Crippen molar-refractivity contribution in [2.24, 2.45) is 4.99 Å². The van der Waals surface area contributed by atoms with E-state index in [1.807, 2.05) is 42.6 Å². The first-order valence-corrected chi connectivity index (χ1v) is 6.52. The maximum absolute atomic E-state index is 5.19. The molecule has 0 aliphatic rings. The molecule has 0 spiro atoms. The van der Waals surface area contributed by atoms with Crippen LogP contribution in [0.1, 0.15) is 5.56 Å². The molecule has 98 valence electrons. The molecule has 0 fully saturated rings. The van der Waals surface area contributed by atoms with Gasteiger partial charge in [-0.1, -0.05) is 42.5 Å². The van der Waals surface area contributed by atoms with Crippen molar-refractivity contribution >= 4 is 22.7 Å². The van der Waals surface area contributed by atoms with Crippen molar-refractivity contribution in [1.29, 1.82) is 0 Å². The molecule has 3 aromatic carbocycles. The van der Waals surface area contributed by atoms with Crippen molar-refractivity contribution in [3.05, 3.63) is 72.3 Å². The molecule has 0 aliphatic carbocycles. The van der Waals surface area contributed by atoms with E-state index < -0.39 is 0 Å². The highest BCUT2D eigenvalue weighted by molar-refractivity contribution is 5.91. The van der Waals surface area contributed by atoms with Crippen LogP contribution in [0.25, 0.3) is 10.8 Å². The fourth-order valence-corrected chi connectivity index (χ4v) is 2.13. The van der Waals surface area contributed by atoms with Crippen molar-refractivity contribution in [2.75, 3.05) is 7.11 Å². The van der Waals surface area contributed by atoms with Crippen molar-refractivity contribution in [3.8, 4) is 5.75 Å². The molecule has 0 aromatic heterocycles. The number of ether oxygens (including phenoxy) is 1. The summed E-state index contributed by atoms with van der Waals surface area (Å²) < 4.78 is 5.19. The highest BCUT2D eigenvalue weighted by atomic mass is 16.5. The Labute approximate surface area is 118 Å². The summed E-state index contributed by atoms with van der Waals surface area (Å²) >= 11 is 0. The summed E-state index contributed by atoms with van der Waals surface area (Å²) in [7, 11) is 1.66. The molecular weight excluding hydrogens is 246 g/mol. The molecular formula is C18H15NO. The van der Waals surface area contributed by atoms with Gasteiger partial charge in [0.25, 0.3) is 0 Å². The molecule has 20 heavy (non-hydrogen) atoms. The van der Waals surface area contributed by atoms with Crippen molar-refractivity contribution < 1.29 is 4.74 Å². The van der Waals surface area contributed by atoms with Gasteiger partial charge in [0.2, 0.25) is 0 Å².